The normalized spacial score (nSPS) is 16.2. The molecule has 0 amide bonds. The lowest BCUT2D eigenvalue weighted by Crippen LogP contribution is -1.97. The molecule has 1 aliphatic rings. The average Bonchev–Trinajstić information content (AvgIpc) is 3.01. The van der Waals surface area contributed by atoms with Crippen molar-refractivity contribution >= 4 is 29.1 Å². The molecule has 0 fully saturated rings. The molecule has 0 bridgehead atoms. The van der Waals surface area contributed by atoms with Crippen molar-refractivity contribution in [1.29, 1.82) is 0 Å². The van der Waals surface area contributed by atoms with Gasteiger partial charge < -0.3 is 4.74 Å². The number of hydrogen-bond donors (Lipinski definition) is 0. The Hall–Kier alpha value is -2.13. The maximum Gasteiger partial charge on any atom is 0.343 e. The van der Waals surface area contributed by atoms with Gasteiger partial charge in [0.15, 0.2) is 0 Å². The molecule has 2 nitrogen and oxygen atoms in total. The first-order valence-electron chi connectivity index (χ1n) is 6.82. The Morgan fingerprint density at radius 2 is 1.86 bits per heavy atom. The summed E-state index contributed by atoms with van der Waals surface area (Å²) < 4.78 is 5.40. The first-order chi connectivity index (χ1) is 10.0. The molecule has 0 atom stereocenters. The fraction of sp³-hybridized carbons (Fsp3) is 0.167. The molecule has 3 heteroatoms. The van der Waals surface area contributed by atoms with Crippen LogP contribution in [-0.2, 0) is 9.53 Å². The molecular weight excluding hydrogens is 280 g/mol. The van der Waals surface area contributed by atoms with Crippen molar-refractivity contribution in [2.75, 3.05) is 0 Å². The minimum atomic E-state index is -0.281. The average molecular weight is 296 g/mol. The number of ether oxygens (including phenoxy) is 1. The molecule has 1 aromatic carbocycles. The van der Waals surface area contributed by atoms with Crippen LogP contribution in [0.2, 0.25) is 0 Å². The SMILES string of the molecule is Cc1ccc(C2=C/C(=C\c3sccc3C)C(=O)O2)cc1C. The van der Waals surface area contributed by atoms with Crippen LogP contribution in [0.15, 0.2) is 41.3 Å². The van der Waals surface area contributed by atoms with Gasteiger partial charge in [-0.15, -0.1) is 11.3 Å². The van der Waals surface area contributed by atoms with Crippen LogP contribution in [0, 0.1) is 20.8 Å². The predicted octanol–water partition coefficient (Wildman–Crippen LogP) is 4.65. The summed E-state index contributed by atoms with van der Waals surface area (Å²) in [5, 5.41) is 2.02. The Kier molecular flexibility index (Phi) is 3.52. The van der Waals surface area contributed by atoms with Crippen molar-refractivity contribution in [1.82, 2.24) is 0 Å². The molecule has 0 saturated carbocycles. The monoisotopic (exact) mass is 296 g/mol. The van der Waals surface area contributed by atoms with Crippen LogP contribution >= 0.6 is 11.3 Å². The topological polar surface area (TPSA) is 26.3 Å². The van der Waals surface area contributed by atoms with Crippen LogP contribution in [0.5, 0.6) is 0 Å². The second-order valence-corrected chi connectivity index (χ2v) is 6.21. The van der Waals surface area contributed by atoms with Gasteiger partial charge in [-0.2, -0.15) is 0 Å². The van der Waals surface area contributed by atoms with Crippen LogP contribution in [0.3, 0.4) is 0 Å². The zero-order valence-electron chi connectivity index (χ0n) is 12.3. The maximum atomic E-state index is 12.0. The molecule has 0 unspecified atom stereocenters. The van der Waals surface area contributed by atoms with Crippen molar-refractivity contribution in [3.05, 3.63) is 68.4 Å². The van der Waals surface area contributed by atoms with Gasteiger partial charge in [0.25, 0.3) is 0 Å². The minimum Gasteiger partial charge on any atom is -0.422 e. The van der Waals surface area contributed by atoms with E-state index in [1.54, 1.807) is 11.3 Å². The smallest absolute Gasteiger partial charge is 0.343 e. The van der Waals surface area contributed by atoms with Gasteiger partial charge in [-0.3, -0.25) is 0 Å². The standard InChI is InChI=1S/C18H16O2S/c1-11-4-5-14(8-13(11)3)16-9-15(18(19)20-16)10-17-12(2)6-7-21-17/h4-10H,1-3H3/b15-10+. The largest absolute Gasteiger partial charge is 0.422 e. The Morgan fingerprint density at radius 1 is 1.05 bits per heavy atom. The Balaban J connectivity index is 1.97. The summed E-state index contributed by atoms with van der Waals surface area (Å²) in [5.41, 5.74) is 5.14. The van der Waals surface area contributed by atoms with Crippen LogP contribution in [0.1, 0.15) is 27.1 Å². The number of rotatable bonds is 2. The zero-order valence-corrected chi connectivity index (χ0v) is 13.1. The van der Waals surface area contributed by atoms with Gasteiger partial charge in [-0.1, -0.05) is 12.1 Å². The van der Waals surface area contributed by atoms with Gasteiger partial charge in [0.2, 0.25) is 0 Å². The van der Waals surface area contributed by atoms with E-state index in [0.29, 0.717) is 11.3 Å². The van der Waals surface area contributed by atoms with Crippen molar-refractivity contribution in [2.24, 2.45) is 0 Å². The highest BCUT2D eigenvalue weighted by molar-refractivity contribution is 7.11. The lowest BCUT2D eigenvalue weighted by molar-refractivity contribution is -0.130. The van der Waals surface area contributed by atoms with Crippen LogP contribution in [0.25, 0.3) is 11.8 Å². The van der Waals surface area contributed by atoms with Gasteiger partial charge in [-0.25, -0.2) is 4.79 Å². The maximum absolute atomic E-state index is 12.0. The van der Waals surface area contributed by atoms with Gasteiger partial charge in [-0.05, 0) is 67.1 Å². The third-order valence-corrected chi connectivity index (χ3v) is 4.67. The molecule has 0 N–H and O–H groups in total. The Bertz CT molecular complexity index is 778. The molecule has 3 rings (SSSR count). The van der Waals surface area contributed by atoms with Crippen molar-refractivity contribution in [3.63, 3.8) is 0 Å². The zero-order chi connectivity index (χ0) is 15.0. The number of hydrogen-bond acceptors (Lipinski definition) is 3. The molecule has 21 heavy (non-hydrogen) atoms. The van der Waals surface area contributed by atoms with Gasteiger partial charge in [0.05, 0.1) is 5.57 Å². The molecule has 2 aromatic rings. The van der Waals surface area contributed by atoms with E-state index in [1.807, 2.05) is 48.7 Å². The summed E-state index contributed by atoms with van der Waals surface area (Å²) in [4.78, 5) is 13.1. The number of benzene rings is 1. The molecule has 0 spiro atoms. The van der Waals surface area contributed by atoms with E-state index in [4.69, 9.17) is 4.74 Å². The summed E-state index contributed by atoms with van der Waals surface area (Å²) in [7, 11) is 0. The highest BCUT2D eigenvalue weighted by Gasteiger charge is 2.22. The molecule has 2 heterocycles. The molecular formula is C18H16O2S. The number of cyclic esters (lactones) is 1. The number of thiophene rings is 1. The first-order valence-corrected chi connectivity index (χ1v) is 7.70. The quantitative estimate of drug-likeness (QED) is 0.595. The van der Waals surface area contributed by atoms with Crippen molar-refractivity contribution in [3.8, 4) is 0 Å². The second-order valence-electron chi connectivity index (χ2n) is 5.26. The van der Waals surface area contributed by atoms with Crippen LogP contribution in [-0.4, -0.2) is 5.97 Å². The second kappa shape index (κ2) is 5.34. The van der Waals surface area contributed by atoms with Crippen LogP contribution in [0.4, 0.5) is 0 Å². The highest BCUT2D eigenvalue weighted by Crippen LogP contribution is 2.30. The third-order valence-electron chi connectivity index (χ3n) is 3.70. The summed E-state index contributed by atoms with van der Waals surface area (Å²) >= 11 is 1.63. The third kappa shape index (κ3) is 2.69. The van der Waals surface area contributed by atoms with Crippen LogP contribution < -0.4 is 0 Å². The van der Waals surface area contributed by atoms with E-state index in [1.165, 1.54) is 16.7 Å². The number of carbonyl (C=O) groups is 1. The van der Waals surface area contributed by atoms with Gasteiger partial charge >= 0.3 is 5.97 Å². The Labute approximate surface area is 128 Å². The van der Waals surface area contributed by atoms with E-state index < -0.39 is 0 Å². The van der Waals surface area contributed by atoms with Crippen molar-refractivity contribution < 1.29 is 9.53 Å². The first kappa shape index (κ1) is 13.8. The lowest BCUT2D eigenvalue weighted by Gasteiger charge is -2.05. The summed E-state index contributed by atoms with van der Waals surface area (Å²) in [6.07, 6.45) is 3.72. The molecule has 1 aromatic heterocycles. The lowest BCUT2D eigenvalue weighted by atomic mass is 10.0. The Morgan fingerprint density at radius 3 is 2.52 bits per heavy atom. The molecule has 0 aliphatic carbocycles. The highest BCUT2D eigenvalue weighted by atomic mass is 32.1. The number of carbonyl (C=O) groups excluding carboxylic acids is 1. The molecule has 0 saturated heterocycles. The molecule has 0 radical (unpaired) electrons. The fourth-order valence-corrected chi connectivity index (χ4v) is 3.07. The molecule has 1 aliphatic heterocycles. The van der Waals surface area contributed by atoms with E-state index >= 15 is 0 Å². The summed E-state index contributed by atoms with van der Waals surface area (Å²) in [6, 6.07) is 8.13. The molecule has 106 valence electrons. The van der Waals surface area contributed by atoms with E-state index in [9.17, 15) is 4.79 Å². The van der Waals surface area contributed by atoms with E-state index in [-0.39, 0.29) is 5.97 Å². The van der Waals surface area contributed by atoms with Crippen molar-refractivity contribution in [2.45, 2.75) is 20.8 Å². The van der Waals surface area contributed by atoms with Gasteiger partial charge in [0.1, 0.15) is 5.76 Å². The minimum absolute atomic E-state index is 0.281. The summed E-state index contributed by atoms with van der Waals surface area (Å²) in [5.74, 6) is 0.347. The predicted molar refractivity (Wildman–Crippen MR) is 87.0 cm³/mol. The van der Waals surface area contributed by atoms with Gasteiger partial charge in [0, 0.05) is 10.4 Å². The summed E-state index contributed by atoms with van der Waals surface area (Å²) in [6.45, 7) is 6.16. The fourth-order valence-electron chi connectivity index (χ4n) is 2.20. The number of aryl methyl sites for hydroxylation is 3. The van der Waals surface area contributed by atoms with E-state index in [2.05, 4.69) is 13.8 Å². The van der Waals surface area contributed by atoms with E-state index in [0.717, 1.165) is 10.4 Å². The number of esters is 1.